The zero-order chi connectivity index (χ0) is 23.9. The van der Waals surface area contributed by atoms with Gasteiger partial charge in [0, 0.05) is 31.5 Å². The van der Waals surface area contributed by atoms with Crippen LogP contribution in [0.5, 0.6) is 0 Å². The van der Waals surface area contributed by atoms with Crippen molar-refractivity contribution in [2.75, 3.05) is 23.9 Å². The first-order valence-electron chi connectivity index (χ1n) is 11.1. The Bertz CT molecular complexity index is 1280. The second-order valence-electron chi connectivity index (χ2n) is 8.57. The Hall–Kier alpha value is -3.18. The Morgan fingerprint density at radius 2 is 1.97 bits per heavy atom. The third-order valence-corrected chi connectivity index (χ3v) is 7.38. The Morgan fingerprint density at radius 3 is 2.68 bits per heavy atom. The van der Waals surface area contributed by atoms with Crippen LogP contribution in [0.4, 0.5) is 17.5 Å². The molecule has 4 N–H and O–H groups in total. The minimum atomic E-state index is -1.64. The lowest BCUT2D eigenvalue weighted by Gasteiger charge is -2.31. The summed E-state index contributed by atoms with van der Waals surface area (Å²) in [5.74, 6) is 0.397. The second-order valence-corrected chi connectivity index (χ2v) is 9.60. The number of pyridine rings is 1. The van der Waals surface area contributed by atoms with E-state index in [1.807, 2.05) is 55.3 Å². The highest BCUT2D eigenvalue weighted by Crippen LogP contribution is 2.41. The standard InChI is InChI=1S/C24H26N6O3S/c1-14-19(22-27-17-12-25-11-9-18(17)34-22)21(29-24(33)10-8-15(13-31)20(24)32)28-23(26-14)30(2)16-6-4-3-5-7-16/h3-7,9,11-12,15,20,31-33H,8,10,13H2,1-2H3,(H,26,28,29). The van der Waals surface area contributed by atoms with Crippen molar-refractivity contribution < 1.29 is 15.3 Å². The van der Waals surface area contributed by atoms with Gasteiger partial charge < -0.3 is 25.5 Å². The molecule has 3 atom stereocenters. The smallest absolute Gasteiger partial charge is 0.231 e. The van der Waals surface area contributed by atoms with E-state index in [9.17, 15) is 15.3 Å². The van der Waals surface area contributed by atoms with Gasteiger partial charge in [-0.05, 0) is 38.0 Å². The molecular weight excluding hydrogens is 452 g/mol. The number of rotatable bonds is 6. The van der Waals surface area contributed by atoms with E-state index in [2.05, 4.69) is 10.3 Å². The zero-order valence-corrected chi connectivity index (χ0v) is 19.7. The number of hydrogen-bond acceptors (Lipinski definition) is 10. The van der Waals surface area contributed by atoms with Gasteiger partial charge >= 0.3 is 0 Å². The van der Waals surface area contributed by atoms with E-state index >= 15 is 0 Å². The number of para-hydroxylation sites is 1. The van der Waals surface area contributed by atoms with Crippen LogP contribution in [0.2, 0.25) is 0 Å². The molecule has 3 unspecified atom stereocenters. The van der Waals surface area contributed by atoms with E-state index in [1.165, 1.54) is 11.3 Å². The highest BCUT2D eigenvalue weighted by Gasteiger charge is 2.47. The van der Waals surface area contributed by atoms with Crippen molar-refractivity contribution >= 4 is 39.0 Å². The molecule has 1 fully saturated rings. The maximum Gasteiger partial charge on any atom is 0.231 e. The highest BCUT2D eigenvalue weighted by molar-refractivity contribution is 7.21. The monoisotopic (exact) mass is 478 g/mol. The molecule has 176 valence electrons. The van der Waals surface area contributed by atoms with Crippen LogP contribution in [0.25, 0.3) is 20.8 Å². The van der Waals surface area contributed by atoms with Gasteiger partial charge in [-0.3, -0.25) is 4.98 Å². The molecule has 4 aromatic rings. The number of nitrogens with zero attached hydrogens (tertiary/aromatic N) is 5. The molecule has 0 amide bonds. The third-order valence-electron chi connectivity index (χ3n) is 6.33. The van der Waals surface area contributed by atoms with E-state index in [1.54, 1.807) is 12.4 Å². The van der Waals surface area contributed by atoms with Gasteiger partial charge in [-0.25, -0.2) is 9.97 Å². The van der Waals surface area contributed by atoms with Crippen molar-refractivity contribution in [1.82, 2.24) is 19.9 Å². The molecule has 0 spiro atoms. The summed E-state index contributed by atoms with van der Waals surface area (Å²) in [6, 6.07) is 11.6. The summed E-state index contributed by atoms with van der Waals surface area (Å²) in [6.07, 6.45) is 3.04. The zero-order valence-electron chi connectivity index (χ0n) is 18.9. The number of thiazole rings is 1. The number of anilines is 3. The van der Waals surface area contributed by atoms with Crippen LogP contribution in [-0.2, 0) is 0 Å². The third kappa shape index (κ3) is 3.98. The van der Waals surface area contributed by atoms with Crippen LogP contribution in [0.1, 0.15) is 18.5 Å². The first kappa shape index (κ1) is 22.6. The van der Waals surface area contributed by atoms with E-state index in [0.29, 0.717) is 34.5 Å². The van der Waals surface area contributed by atoms with Gasteiger partial charge in [-0.2, -0.15) is 4.98 Å². The molecule has 9 nitrogen and oxygen atoms in total. The molecule has 1 saturated carbocycles. The summed E-state index contributed by atoms with van der Waals surface area (Å²) in [6.45, 7) is 1.67. The summed E-state index contributed by atoms with van der Waals surface area (Å²) in [5.41, 5.74) is 1.37. The Morgan fingerprint density at radius 1 is 1.18 bits per heavy atom. The molecule has 0 radical (unpaired) electrons. The molecule has 0 saturated heterocycles. The summed E-state index contributed by atoms with van der Waals surface area (Å²) in [4.78, 5) is 20.2. The Kier molecular flexibility index (Phi) is 5.90. The van der Waals surface area contributed by atoms with Gasteiger partial charge in [0.1, 0.15) is 22.4 Å². The molecular formula is C24H26N6O3S. The van der Waals surface area contributed by atoms with Crippen LogP contribution in [-0.4, -0.2) is 60.7 Å². The second kappa shape index (κ2) is 8.88. The van der Waals surface area contributed by atoms with Crippen LogP contribution in [0, 0.1) is 12.8 Å². The maximum atomic E-state index is 11.3. The first-order chi connectivity index (χ1) is 16.4. The topological polar surface area (TPSA) is 128 Å². The van der Waals surface area contributed by atoms with Crippen LogP contribution >= 0.6 is 11.3 Å². The lowest BCUT2D eigenvalue weighted by Crippen LogP contribution is -2.48. The average Bonchev–Trinajstić information content (AvgIpc) is 3.39. The number of aromatic nitrogens is 4. The quantitative estimate of drug-likeness (QED) is 0.309. The predicted octanol–water partition coefficient (Wildman–Crippen LogP) is 3.09. The molecule has 1 aliphatic rings. The van der Waals surface area contributed by atoms with Crippen molar-refractivity contribution in [3.63, 3.8) is 0 Å². The van der Waals surface area contributed by atoms with Crippen molar-refractivity contribution in [3.8, 4) is 10.6 Å². The number of benzene rings is 1. The minimum Gasteiger partial charge on any atom is -0.396 e. The fourth-order valence-electron chi connectivity index (χ4n) is 4.34. The number of fused-ring (bicyclic) bond motifs is 1. The molecule has 3 aromatic heterocycles. The summed E-state index contributed by atoms with van der Waals surface area (Å²) in [5, 5.41) is 35.4. The van der Waals surface area contributed by atoms with Crippen molar-refractivity contribution in [1.29, 1.82) is 0 Å². The van der Waals surface area contributed by atoms with Crippen molar-refractivity contribution in [2.24, 2.45) is 5.92 Å². The van der Waals surface area contributed by atoms with Gasteiger partial charge in [0.15, 0.2) is 5.72 Å². The Balaban J connectivity index is 1.63. The fourth-order valence-corrected chi connectivity index (χ4v) is 5.37. The number of nitrogens with one attached hydrogen (secondary N) is 1. The number of aliphatic hydroxyl groups excluding tert-OH is 2. The molecule has 3 heterocycles. The molecule has 34 heavy (non-hydrogen) atoms. The fraction of sp³-hybridized carbons (Fsp3) is 0.333. The number of hydrogen-bond donors (Lipinski definition) is 4. The first-order valence-corrected chi connectivity index (χ1v) is 11.9. The normalized spacial score (nSPS) is 22.3. The van der Waals surface area contributed by atoms with Gasteiger partial charge in [-0.1, -0.05) is 18.2 Å². The van der Waals surface area contributed by atoms with E-state index in [-0.39, 0.29) is 13.0 Å². The average molecular weight is 479 g/mol. The molecule has 0 bridgehead atoms. The molecule has 5 rings (SSSR count). The van der Waals surface area contributed by atoms with Gasteiger partial charge in [0.05, 0.1) is 22.2 Å². The minimum absolute atomic E-state index is 0.201. The van der Waals surface area contributed by atoms with Gasteiger partial charge in [-0.15, -0.1) is 11.3 Å². The summed E-state index contributed by atoms with van der Waals surface area (Å²) in [7, 11) is 1.87. The SMILES string of the molecule is Cc1nc(N(C)c2ccccc2)nc(NC2(O)CCC(CO)C2O)c1-c1nc2cnccc2s1. The van der Waals surface area contributed by atoms with Gasteiger partial charge in [0.25, 0.3) is 0 Å². The highest BCUT2D eigenvalue weighted by atomic mass is 32.1. The maximum absolute atomic E-state index is 11.3. The molecule has 1 aliphatic carbocycles. The predicted molar refractivity (Wildman–Crippen MR) is 132 cm³/mol. The lowest BCUT2D eigenvalue weighted by molar-refractivity contribution is -0.0545. The van der Waals surface area contributed by atoms with Crippen LogP contribution < -0.4 is 10.2 Å². The van der Waals surface area contributed by atoms with E-state index in [4.69, 9.17) is 15.0 Å². The number of aryl methyl sites for hydroxylation is 1. The molecule has 10 heteroatoms. The van der Waals surface area contributed by atoms with E-state index in [0.717, 1.165) is 15.9 Å². The van der Waals surface area contributed by atoms with Gasteiger partial charge in [0.2, 0.25) is 5.95 Å². The van der Waals surface area contributed by atoms with Crippen LogP contribution in [0.15, 0.2) is 48.8 Å². The van der Waals surface area contributed by atoms with Crippen molar-refractivity contribution in [2.45, 2.75) is 31.6 Å². The lowest BCUT2D eigenvalue weighted by atomic mass is 10.0. The largest absolute Gasteiger partial charge is 0.396 e. The van der Waals surface area contributed by atoms with Crippen molar-refractivity contribution in [3.05, 3.63) is 54.5 Å². The number of aliphatic hydroxyl groups is 3. The summed E-state index contributed by atoms with van der Waals surface area (Å²) < 4.78 is 0.973. The molecule has 0 aliphatic heterocycles. The molecule has 1 aromatic carbocycles. The Labute approximate surface area is 200 Å². The van der Waals surface area contributed by atoms with Crippen LogP contribution in [0.3, 0.4) is 0 Å². The summed E-state index contributed by atoms with van der Waals surface area (Å²) >= 11 is 1.48. The van der Waals surface area contributed by atoms with E-state index < -0.39 is 17.7 Å².